The number of ether oxygens (including phenoxy) is 5. The molecule has 0 unspecified atom stereocenters. The van der Waals surface area contributed by atoms with Gasteiger partial charge in [-0.2, -0.15) is 0 Å². The van der Waals surface area contributed by atoms with Crippen LogP contribution in [0.3, 0.4) is 0 Å². The molecule has 3 aromatic carbocycles. The number of esters is 4. The van der Waals surface area contributed by atoms with E-state index in [-0.39, 0.29) is 39.4 Å². The molecular weight excluding hydrogens is 643 g/mol. The van der Waals surface area contributed by atoms with Crippen LogP contribution >= 0.6 is 0 Å². The fraction of sp³-hybridized carbons (Fsp3) is 0.100. The lowest BCUT2D eigenvalue weighted by Gasteiger charge is -2.13. The Morgan fingerprint density at radius 1 is 0.600 bits per heavy atom. The van der Waals surface area contributed by atoms with Crippen LogP contribution in [0.25, 0.3) is 0 Å². The number of halogens is 1. The van der Waals surface area contributed by atoms with Crippen LogP contribution in [0.5, 0.6) is 23.0 Å². The van der Waals surface area contributed by atoms with Crippen molar-refractivity contribution in [3.63, 3.8) is 0 Å². The van der Waals surface area contributed by atoms with Gasteiger partial charge in [0.05, 0.1) is 5.56 Å². The van der Waals surface area contributed by atoms with Gasteiger partial charge >= 0.3 is 23.9 Å². The highest BCUT2D eigenvalue weighted by Gasteiger charge is 2.23. The van der Waals surface area contributed by atoms with E-state index in [2.05, 4.69) is 50.0 Å². The summed E-state index contributed by atoms with van der Waals surface area (Å²) < 4.78 is 42.4. The zero-order valence-electron chi connectivity index (χ0n) is 27.7. The Labute approximate surface area is 289 Å². The monoisotopic (exact) mass is 674 g/mol. The van der Waals surface area contributed by atoms with E-state index in [4.69, 9.17) is 23.7 Å². The molecule has 0 bridgehead atoms. The second-order valence-electron chi connectivity index (χ2n) is 10.6. The van der Waals surface area contributed by atoms with Crippen molar-refractivity contribution in [1.29, 1.82) is 0 Å². The lowest BCUT2D eigenvalue weighted by molar-refractivity contribution is -0.134. The first-order valence-electron chi connectivity index (χ1n) is 14.6. The normalized spacial score (nSPS) is 9.94. The molecule has 0 heterocycles. The molecule has 0 aromatic heterocycles. The molecule has 0 radical (unpaired) electrons. The van der Waals surface area contributed by atoms with Gasteiger partial charge in [-0.1, -0.05) is 50.0 Å². The van der Waals surface area contributed by atoms with Crippen molar-refractivity contribution in [3.8, 4) is 46.7 Å². The van der Waals surface area contributed by atoms with Gasteiger partial charge in [-0.3, -0.25) is 0 Å². The minimum atomic E-state index is -1.13. The van der Waals surface area contributed by atoms with Crippen LogP contribution in [0.15, 0.2) is 116 Å². The van der Waals surface area contributed by atoms with E-state index in [1.165, 1.54) is 64.3 Å². The predicted molar refractivity (Wildman–Crippen MR) is 183 cm³/mol. The maximum atomic E-state index is 16.3. The molecule has 0 aliphatic rings. The summed E-state index contributed by atoms with van der Waals surface area (Å²) in [6, 6.07) is 13.6. The Morgan fingerprint density at radius 2 is 1.08 bits per heavy atom. The number of benzene rings is 3. The average Bonchev–Trinajstić information content (AvgIpc) is 3.07. The zero-order chi connectivity index (χ0) is 37.0. The largest absolute Gasteiger partial charge is 0.462 e. The molecule has 9 nitrogen and oxygen atoms in total. The third kappa shape index (κ3) is 10.8. The molecule has 3 rings (SSSR count). The van der Waals surface area contributed by atoms with Crippen molar-refractivity contribution >= 4 is 23.9 Å². The van der Waals surface area contributed by atoms with E-state index >= 15 is 4.39 Å². The van der Waals surface area contributed by atoms with Crippen LogP contribution in [0.1, 0.15) is 49.9 Å². The van der Waals surface area contributed by atoms with Crippen molar-refractivity contribution in [1.82, 2.24) is 0 Å². The second-order valence-corrected chi connectivity index (χ2v) is 10.6. The van der Waals surface area contributed by atoms with Gasteiger partial charge in [-0.05, 0) is 76.2 Å². The summed E-state index contributed by atoms with van der Waals surface area (Å²) >= 11 is 0. The van der Waals surface area contributed by atoms with Gasteiger partial charge in [0, 0.05) is 39.5 Å². The van der Waals surface area contributed by atoms with E-state index in [1.54, 1.807) is 24.3 Å². The van der Waals surface area contributed by atoms with Crippen LogP contribution in [0.4, 0.5) is 4.39 Å². The summed E-state index contributed by atoms with van der Waals surface area (Å²) in [6.45, 7) is 19.9. The molecule has 0 fully saturated rings. The molecule has 50 heavy (non-hydrogen) atoms. The SMILES string of the molecule is C=C(C)C(=O)O/C=C/Oc1ccc(C#Cc2cc(OC(=O)C(=C)C)c(C#Cc3ccc(OC(=O)C(=C)C)cc3)c(F)c2OC(=O)C(=C)C)cc1. The average molecular weight is 675 g/mol. The van der Waals surface area contributed by atoms with Gasteiger partial charge in [0.1, 0.15) is 29.6 Å². The Kier molecular flexibility index (Phi) is 13.0. The summed E-state index contributed by atoms with van der Waals surface area (Å²) in [4.78, 5) is 48.3. The van der Waals surface area contributed by atoms with Crippen molar-refractivity contribution in [2.75, 3.05) is 0 Å². The molecule has 0 saturated heterocycles. The molecule has 0 spiro atoms. The van der Waals surface area contributed by atoms with Gasteiger partial charge in [-0.15, -0.1) is 0 Å². The first-order chi connectivity index (χ1) is 23.7. The summed E-state index contributed by atoms with van der Waals surface area (Å²) in [5.74, 6) is 6.62. The second kappa shape index (κ2) is 17.3. The highest BCUT2D eigenvalue weighted by molar-refractivity contribution is 5.91. The van der Waals surface area contributed by atoms with Crippen molar-refractivity contribution < 1.29 is 47.3 Å². The van der Waals surface area contributed by atoms with Gasteiger partial charge in [0.2, 0.25) is 0 Å². The van der Waals surface area contributed by atoms with E-state index in [9.17, 15) is 19.2 Å². The Morgan fingerprint density at radius 3 is 1.62 bits per heavy atom. The molecule has 10 heteroatoms. The summed E-state index contributed by atoms with van der Waals surface area (Å²) in [5, 5.41) is 0. The number of rotatable bonds is 10. The van der Waals surface area contributed by atoms with E-state index in [0.29, 0.717) is 16.9 Å². The van der Waals surface area contributed by atoms with Crippen LogP contribution in [-0.4, -0.2) is 23.9 Å². The van der Waals surface area contributed by atoms with Gasteiger partial charge in [0.15, 0.2) is 17.3 Å². The third-order valence-corrected chi connectivity index (χ3v) is 6.00. The predicted octanol–water partition coefficient (Wildman–Crippen LogP) is 7.04. The van der Waals surface area contributed by atoms with Crippen LogP contribution in [0.2, 0.25) is 0 Å². The highest BCUT2D eigenvalue weighted by atomic mass is 19.1. The molecule has 252 valence electrons. The van der Waals surface area contributed by atoms with Crippen molar-refractivity contribution in [3.05, 3.63) is 144 Å². The molecule has 0 atom stereocenters. The standard InChI is InChI=1S/C40H31FO9/c1-24(2)37(42)47-22-21-46-31-16-10-28(11-17-31)9-15-30-23-34(49-39(44)26(5)6)33(35(41)36(30)50-40(45)27(7)8)20-14-29-12-18-32(19-13-29)48-38(43)25(3)4/h10-13,16-19,21-23H,1,3,5,7H2,2,4,6,8H3/b22-21+. The van der Waals surface area contributed by atoms with Gasteiger partial charge < -0.3 is 23.7 Å². The maximum Gasteiger partial charge on any atom is 0.338 e. The molecule has 0 aliphatic heterocycles. The number of hydrogen-bond acceptors (Lipinski definition) is 9. The highest BCUT2D eigenvalue weighted by Crippen LogP contribution is 2.34. The Balaban J connectivity index is 2.04. The first kappa shape index (κ1) is 37.5. The molecule has 0 amide bonds. The van der Waals surface area contributed by atoms with Crippen LogP contribution in [-0.2, 0) is 23.9 Å². The minimum absolute atomic E-state index is 0.0137. The lowest BCUT2D eigenvalue weighted by Crippen LogP contribution is -2.14. The van der Waals surface area contributed by atoms with Gasteiger partial charge in [-0.25, -0.2) is 23.6 Å². The van der Waals surface area contributed by atoms with Crippen LogP contribution < -0.4 is 18.9 Å². The fourth-order valence-electron chi connectivity index (χ4n) is 3.35. The molecule has 0 saturated carbocycles. The van der Waals surface area contributed by atoms with Crippen LogP contribution in [0, 0.1) is 29.5 Å². The Hall–Kier alpha value is -6.91. The fourth-order valence-corrected chi connectivity index (χ4v) is 3.35. The maximum absolute atomic E-state index is 16.3. The number of hydrogen-bond donors (Lipinski definition) is 0. The first-order valence-corrected chi connectivity index (χ1v) is 14.6. The van der Waals surface area contributed by atoms with Gasteiger partial charge in [0.25, 0.3) is 0 Å². The van der Waals surface area contributed by atoms with Crippen molar-refractivity contribution in [2.45, 2.75) is 27.7 Å². The topological polar surface area (TPSA) is 114 Å². The molecule has 3 aromatic rings. The van der Waals surface area contributed by atoms with E-state index in [1.807, 2.05) is 0 Å². The van der Waals surface area contributed by atoms with Crippen molar-refractivity contribution in [2.24, 2.45) is 0 Å². The summed E-state index contributed by atoms with van der Waals surface area (Å²) in [6.07, 6.45) is 2.24. The number of carbonyl (C=O) groups is 4. The summed E-state index contributed by atoms with van der Waals surface area (Å²) in [5.41, 5.74) is 0.752. The van der Waals surface area contributed by atoms with E-state index in [0.717, 1.165) is 6.26 Å². The molecular formula is C40H31FO9. The smallest absolute Gasteiger partial charge is 0.338 e. The summed E-state index contributed by atoms with van der Waals surface area (Å²) in [7, 11) is 0. The molecule has 0 aliphatic carbocycles. The Bertz CT molecular complexity index is 2060. The lowest BCUT2D eigenvalue weighted by atomic mass is 10.1. The molecule has 0 N–H and O–H groups in total. The third-order valence-electron chi connectivity index (χ3n) is 6.00. The number of carbonyl (C=O) groups excluding carboxylic acids is 4. The minimum Gasteiger partial charge on any atom is -0.462 e. The zero-order valence-corrected chi connectivity index (χ0v) is 27.7. The quantitative estimate of drug-likeness (QED) is 0.0735. The van der Waals surface area contributed by atoms with E-state index < -0.39 is 41.0 Å².